The van der Waals surface area contributed by atoms with E-state index in [1.165, 1.54) is 22.3 Å². The second-order valence-electron chi connectivity index (χ2n) is 14.5. The summed E-state index contributed by atoms with van der Waals surface area (Å²) in [5, 5.41) is 19.2. The van der Waals surface area contributed by atoms with E-state index in [-0.39, 0.29) is 12.1 Å². The highest BCUT2D eigenvalue weighted by Crippen LogP contribution is 2.46. The van der Waals surface area contributed by atoms with Gasteiger partial charge in [0.15, 0.2) is 0 Å². The number of carbonyl (C=O) groups excluding carboxylic acids is 4. The molecule has 0 saturated carbocycles. The molecule has 14 heteroatoms. The third-order valence-corrected chi connectivity index (χ3v) is 9.66. The number of anilines is 3. The number of aromatic nitrogens is 1. The molecule has 2 aromatic carbocycles. The topological polar surface area (TPSA) is 166 Å². The molecule has 2 aliphatic rings. The van der Waals surface area contributed by atoms with Gasteiger partial charge >= 0.3 is 12.1 Å². The average molecular weight is 736 g/mol. The van der Waals surface area contributed by atoms with Crippen molar-refractivity contribution in [3.05, 3.63) is 82.9 Å². The number of pyridine rings is 1. The number of alkyl carbamates (subject to hydrolysis) is 1. The molecule has 4 heterocycles. The van der Waals surface area contributed by atoms with Crippen molar-refractivity contribution in [1.29, 1.82) is 5.26 Å². The molecule has 6 rings (SSSR count). The number of nitrogens with zero attached hydrogens (tertiary/aromatic N) is 4. The molecule has 13 nitrogen and oxygen atoms in total. The average Bonchev–Trinajstić information content (AvgIpc) is 3.46. The molecule has 4 aromatic rings. The predicted octanol–water partition coefficient (Wildman–Crippen LogP) is 7.55. The summed E-state index contributed by atoms with van der Waals surface area (Å²) in [6, 6.07) is 17.8. The molecule has 53 heavy (non-hydrogen) atoms. The third-order valence-electron chi connectivity index (χ3n) is 8.56. The Balaban J connectivity index is 1.18. The van der Waals surface area contributed by atoms with Gasteiger partial charge in [-0.25, -0.2) is 14.6 Å². The Hall–Kier alpha value is -5.94. The summed E-state index contributed by atoms with van der Waals surface area (Å²) < 4.78 is 11.3. The Morgan fingerprint density at radius 1 is 1.06 bits per heavy atom. The largest absolute Gasteiger partial charge is 0.457 e. The Labute approximate surface area is 311 Å². The number of hydrogen-bond donors (Lipinski definition) is 3. The summed E-state index contributed by atoms with van der Waals surface area (Å²) in [4.78, 5) is 61.9. The molecule has 1 atom stereocenters. The number of ether oxygens (including phenoxy) is 2. The smallest absolute Gasteiger partial charge is 0.408 e. The number of nitrogens with one attached hydrogen (secondary N) is 3. The van der Waals surface area contributed by atoms with Crippen molar-refractivity contribution in [2.45, 2.75) is 71.6 Å². The number of para-hydroxylation sites is 1. The number of piperidine rings is 1. The summed E-state index contributed by atoms with van der Waals surface area (Å²) in [5.41, 5.74) is 0.537. The number of urea groups is 1. The van der Waals surface area contributed by atoms with E-state index < -0.39 is 41.1 Å². The summed E-state index contributed by atoms with van der Waals surface area (Å²) in [6.45, 7) is 11.0. The van der Waals surface area contributed by atoms with Crippen LogP contribution in [0.5, 0.6) is 11.5 Å². The highest BCUT2D eigenvalue weighted by atomic mass is 32.1. The number of benzene rings is 2. The van der Waals surface area contributed by atoms with Crippen LogP contribution in [0.4, 0.5) is 26.7 Å². The van der Waals surface area contributed by atoms with Crippen LogP contribution in [0.25, 0.3) is 10.2 Å². The molecular formula is C39H41N7O6S. The van der Waals surface area contributed by atoms with E-state index in [2.05, 4.69) is 20.9 Å². The molecule has 274 valence electrons. The fraction of sp³-hybridized carbons (Fsp3) is 0.333. The molecule has 0 aliphatic carbocycles. The number of aryl methyl sites for hydroxylation is 1. The molecule has 2 aliphatic heterocycles. The molecule has 0 radical (unpaired) electrons. The standard InChI is InChI=1S/C39H41N7O6S/c1-23-19-27(51-26-12-8-7-9-13-26)14-15-28(23)46-29-16-17-41-34-30(29)31(43-36(46)49)32(53-34)33(47)42-25-11-10-18-45(22-25)35(48)24(21-40)20-39(5,6)44-37(50)52-38(2,3)4/h7-9,12-17,19-20,25H,10-11,18,22H2,1-6H3,(H,42,47)(H,43,49)(H,44,50)/b24-20+/t25-/m1/s1. The van der Waals surface area contributed by atoms with E-state index >= 15 is 0 Å². The molecule has 5 amide bonds. The quantitative estimate of drug-likeness (QED) is 0.123. The van der Waals surface area contributed by atoms with Crippen LogP contribution in [0, 0.1) is 18.3 Å². The van der Waals surface area contributed by atoms with Gasteiger partial charge in [-0.2, -0.15) is 5.26 Å². The van der Waals surface area contributed by atoms with Crippen LogP contribution in [-0.4, -0.2) is 64.1 Å². The van der Waals surface area contributed by atoms with E-state index in [4.69, 9.17) is 9.47 Å². The minimum Gasteiger partial charge on any atom is -0.457 e. The molecule has 0 bridgehead atoms. The number of hydrogen-bond acceptors (Lipinski definition) is 9. The fourth-order valence-corrected chi connectivity index (χ4v) is 7.38. The summed E-state index contributed by atoms with van der Waals surface area (Å²) in [5.74, 6) is 0.426. The Bertz CT molecular complexity index is 2170. The van der Waals surface area contributed by atoms with Crippen molar-refractivity contribution in [3.63, 3.8) is 0 Å². The number of thiophene rings is 1. The second kappa shape index (κ2) is 14.6. The van der Waals surface area contributed by atoms with E-state index in [0.29, 0.717) is 63.0 Å². The molecule has 1 saturated heterocycles. The first-order valence-electron chi connectivity index (χ1n) is 17.2. The Kier molecular flexibility index (Phi) is 10.1. The van der Waals surface area contributed by atoms with E-state index in [0.717, 1.165) is 5.56 Å². The van der Waals surface area contributed by atoms with Crippen LogP contribution in [0.15, 0.2) is 72.4 Å². The van der Waals surface area contributed by atoms with Gasteiger partial charge in [-0.15, -0.1) is 11.3 Å². The van der Waals surface area contributed by atoms with Gasteiger partial charge < -0.3 is 30.3 Å². The first-order valence-corrected chi connectivity index (χ1v) is 18.0. The van der Waals surface area contributed by atoms with Crippen LogP contribution in [-0.2, 0) is 9.53 Å². The Morgan fingerprint density at radius 3 is 2.51 bits per heavy atom. The third kappa shape index (κ3) is 8.26. The summed E-state index contributed by atoms with van der Waals surface area (Å²) in [6.07, 6.45) is 3.56. The molecule has 0 unspecified atom stereocenters. The lowest BCUT2D eigenvalue weighted by molar-refractivity contribution is -0.128. The summed E-state index contributed by atoms with van der Waals surface area (Å²) >= 11 is 1.17. The number of rotatable bonds is 8. The van der Waals surface area contributed by atoms with Crippen molar-refractivity contribution in [3.8, 4) is 17.6 Å². The zero-order valence-corrected chi connectivity index (χ0v) is 31.2. The van der Waals surface area contributed by atoms with E-state index in [9.17, 15) is 24.4 Å². The maximum Gasteiger partial charge on any atom is 0.408 e. The van der Waals surface area contributed by atoms with Crippen LogP contribution in [0.1, 0.15) is 62.7 Å². The van der Waals surface area contributed by atoms with Gasteiger partial charge in [0.1, 0.15) is 38.4 Å². The maximum absolute atomic E-state index is 13.8. The first-order chi connectivity index (χ1) is 25.1. The first kappa shape index (κ1) is 36.8. The maximum atomic E-state index is 13.8. The summed E-state index contributed by atoms with van der Waals surface area (Å²) in [7, 11) is 0. The number of nitriles is 1. The van der Waals surface area contributed by atoms with Crippen molar-refractivity contribution >= 4 is 62.6 Å². The predicted molar refractivity (Wildman–Crippen MR) is 203 cm³/mol. The molecule has 0 spiro atoms. The number of carbonyl (C=O) groups is 4. The van der Waals surface area contributed by atoms with Gasteiger partial charge in [0, 0.05) is 25.3 Å². The molecular weight excluding hydrogens is 695 g/mol. The minimum atomic E-state index is -1.05. The van der Waals surface area contributed by atoms with Gasteiger partial charge in [-0.1, -0.05) is 18.2 Å². The second-order valence-corrected chi connectivity index (χ2v) is 15.5. The van der Waals surface area contributed by atoms with Gasteiger partial charge in [0.05, 0.1) is 28.0 Å². The van der Waals surface area contributed by atoms with Crippen LogP contribution < -0.4 is 25.6 Å². The molecule has 1 fully saturated rings. The van der Waals surface area contributed by atoms with Crippen molar-refractivity contribution in [1.82, 2.24) is 20.5 Å². The van der Waals surface area contributed by atoms with Gasteiger partial charge in [-0.05, 0) is 102 Å². The van der Waals surface area contributed by atoms with Gasteiger partial charge in [0.25, 0.3) is 11.8 Å². The van der Waals surface area contributed by atoms with E-state index in [1.54, 1.807) is 57.8 Å². The van der Waals surface area contributed by atoms with Gasteiger partial charge in [0.2, 0.25) is 0 Å². The molecule has 2 aromatic heterocycles. The minimum absolute atomic E-state index is 0.133. The van der Waals surface area contributed by atoms with Crippen molar-refractivity contribution in [2.24, 2.45) is 0 Å². The van der Waals surface area contributed by atoms with Crippen LogP contribution in [0.3, 0.4) is 0 Å². The van der Waals surface area contributed by atoms with Crippen LogP contribution >= 0.6 is 11.3 Å². The lowest BCUT2D eigenvalue weighted by Crippen LogP contribution is -2.50. The van der Waals surface area contributed by atoms with Crippen molar-refractivity contribution in [2.75, 3.05) is 23.3 Å². The zero-order valence-electron chi connectivity index (χ0n) is 30.4. The Morgan fingerprint density at radius 2 is 1.81 bits per heavy atom. The van der Waals surface area contributed by atoms with E-state index in [1.807, 2.05) is 55.5 Å². The fourth-order valence-electron chi connectivity index (χ4n) is 6.36. The normalized spacial score (nSPS) is 16.1. The molecule has 3 N–H and O–H groups in total. The van der Waals surface area contributed by atoms with Crippen molar-refractivity contribution < 1.29 is 28.7 Å². The van der Waals surface area contributed by atoms with Gasteiger partial charge in [-0.3, -0.25) is 14.5 Å². The SMILES string of the molecule is Cc1cc(Oc2ccccc2)ccc1N1C(=O)Nc2c(C(=O)N[C@@H]3CCCN(C(=O)/C(C#N)=C/C(C)(C)NC(=O)OC(C)(C)C)C3)sc3nccc1c23. The zero-order chi connectivity index (χ0) is 38.1. The number of amides is 5. The highest BCUT2D eigenvalue weighted by Gasteiger charge is 2.35. The van der Waals surface area contributed by atoms with Crippen LogP contribution in [0.2, 0.25) is 0 Å². The lowest BCUT2D eigenvalue weighted by Gasteiger charge is -2.33. The number of likely N-dealkylation sites (tertiary alicyclic amines) is 1. The monoisotopic (exact) mass is 735 g/mol. The highest BCUT2D eigenvalue weighted by molar-refractivity contribution is 7.21. The lowest BCUT2D eigenvalue weighted by atomic mass is 9.99.